The van der Waals surface area contributed by atoms with E-state index in [0.717, 1.165) is 6.07 Å². The van der Waals surface area contributed by atoms with Crippen molar-refractivity contribution in [2.45, 2.75) is 13.8 Å². The van der Waals surface area contributed by atoms with E-state index in [2.05, 4.69) is 4.85 Å². The Bertz CT molecular complexity index is 504. The summed E-state index contributed by atoms with van der Waals surface area (Å²) < 4.78 is 37.9. The molecular formula is C12H12BF2NO2. The van der Waals surface area contributed by atoms with Gasteiger partial charge in [0.15, 0.2) is 0 Å². The molecule has 0 N–H and O–H groups in total. The smallest absolute Gasteiger partial charge is 0.407 e. The zero-order valence-electron chi connectivity index (χ0n) is 10.2. The van der Waals surface area contributed by atoms with Crippen LogP contribution in [0.1, 0.15) is 13.8 Å². The highest BCUT2D eigenvalue weighted by atomic mass is 19.1. The van der Waals surface area contributed by atoms with E-state index in [0.29, 0.717) is 13.2 Å². The maximum absolute atomic E-state index is 13.9. The van der Waals surface area contributed by atoms with Crippen LogP contribution in [0.2, 0.25) is 0 Å². The molecule has 1 heterocycles. The minimum absolute atomic E-state index is 0.0675. The van der Waals surface area contributed by atoms with Gasteiger partial charge in [0.25, 0.3) is 5.69 Å². The van der Waals surface area contributed by atoms with Crippen molar-refractivity contribution in [1.82, 2.24) is 0 Å². The molecule has 3 nitrogen and oxygen atoms in total. The lowest BCUT2D eigenvalue weighted by Gasteiger charge is -2.33. The zero-order valence-corrected chi connectivity index (χ0v) is 10.2. The van der Waals surface area contributed by atoms with Gasteiger partial charge >= 0.3 is 7.12 Å². The van der Waals surface area contributed by atoms with Gasteiger partial charge in [-0.1, -0.05) is 19.9 Å². The Morgan fingerprint density at radius 3 is 2.44 bits per heavy atom. The maximum Gasteiger partial charge on any atom is 0.495 e. The summed E-state index contributed by atoms with van der Waals surface area (Å²) in [6.07, 6.45) is 0. The fourth-order valence-electron chi connectivity index (χ4n) is 1.71. The van der Waals surface area contributed by atoms with E-state index in [9.17, 15) is 8.78 Å². The molecule has 2 rings (SSSR count). The molecule has 1 aromatic carbocycles. The topological polar surface area (TPSA) is 22.8 Å². The van der Waals surface area contributed by atoms with E-state index >= 15 is 0 Å². The number of benzene rings is 1. The normalized spacial score (nSPS) is 18.5. The lowest BCUT2D eigenvalue weighted by molar-refractivity contribution is 0.0340. The molecule has 1 aromatic rings. The molecule has 1 saturated heterocycles. The van der Waals surface area contributed by atoms with Gasteiger partial charge in [0, 0.05) is 24.1 Å². The molecule has 18 heavy (non-hydrogen) atoms. The molecule has 0 bridgehead atoms. The second-order valence-corrected chi connectivity index (χ2v) is 5.03. The molecule has 0 aromatic heterocycles. The van der Waals surface area contributed by atoms with Crippen LogP contribution in [0.3, 0.4) is 0 Å². The second kappa shape index (κ2) is 4.67. The molecule has 0 spiro atoms. The monoisotopic (exact) mass is 251 g/mol. The van der Waals surface area contributed by atoms with Crippen molar-refractivity contribution < 1.29 is 18.1 Å². The predicted molar refractivity (Wildman–Crippen MR) is 63.7 cm³/mol. The average molecular weight is 251 g/mol. The van der Waals surface area contributed by atoms with Crippen molar-refractivity contribution in [2.75, 3.05) is 13.2 Å². The molecule has 6 heteroatoms. The molecule has 0 aliphatic carbocycles. The Labute approximate surface area is 105 Å². The first-order valence-electron chi connectivity index (χ1n) is 5.53. The molecule has 1 fully saturated rings. The Morgan fingerprint density at radius 2 is 1.89 bits per heavy atom. The van der Waals surface area contributed by atoms with Crippen LogP contribution in [-0.4, -0.2) is 20.3 Å². The highest BCUT2D eigenvalue weighted by Crippen LogP contribution is 2.24. The molecule has 0 saturated carbocycles. The van der Waals surface area contributed by atoms with Crippen LogP contribution in [0, 0.1) is 23.6 Å². The fourth-order valence-corrected chi connectivity index (χ4v) is 1.71. The van der Waals surface area contributed by atoms with Crippen molar-refractivity contribution in [2.24, 2.45) is 5.41 Å². The highest BCUT2D eigenvalue weighted by molar-refractivity contribution is 6.61. The number of hydrogen-bond acceptors (Lipinski definition) is 2. The third-order valence-corrected chi connectivity index (χ3v) is 2.71. The van der Waals surface area contributed by atoms with E-state index in [4.69, 9.17) is 15.9 Å². The summed E-state index contributed by atoms with van der Waals surface area (Å²) in [4.78, 5) is 2.84. The highest BCUT2D eigenvalue weighted by Gasteiger charge is 2.35. The summed E-state index contributed by atoms with van der Waals surface area (Å²) in [6.45, 7) is 11.5. The van der Waals surface area contributed by atoms with Gasteiger partial charge in [-0.2, -0.15) is 0 Å². The van der Waals surface area contributed by atoms with Gasteiger partial charge < -0.3 is 9.31 Å². The van der Waals surface area contributed by atoms with Crippen LogP contribution in [0.4, 0.5) is 14.5 Å². The molecule has 1 aliphatic heterocycles. The summed E-state index contributed by atoms with van der Waals surface area (Å²) >= 11 is 0. The minimum Gasteiger partial charge on any atom is -0.407 e. The number of halogens is 2. The predicted octanol–water partition coefficient (Wildman–Crippen LogP) is 2.28. The Balaban J connectivity index is 2.28. The fraction of sp³-hybridized carbons (Fsp3) is 0.417. The lowest BCUT2D eigenvalue weighted by Crippen LogP contribution is -2.48. The number of rotatable bonds is 1. The molecule has 94 valence electrons. The van der Waals surface area contributed by atoms with Crippen LogP contribution in [0.5, 0.6) is 0 Å². The van der Waals surface area contributed by atoms with E-state index in [-0.39, 0.29) is 10.9 Å². The van der Waals surface area contributed by atoms with Crippen molar-refractivity contribution in [1.29, 1.82) is 0 Å². The molecule has 0 unspecified atom stereocenters. The van der Waals surface area contributed by atoms with E-state index < -0.39 is 24.4 Å². The molecule has 1 aliphatic rings. The van der Waals surface area contributed by atoms with E-state index in [1.807, 2.05) is 13.8 Å². The summed E-state index contributed by atoms with van der Waals surface area (Å²) in [6, 6.07) is 2.31. The lowest BCUT2D eigenvalue weighted by atomic mass is 9.75. The molecule has 0 radical (unpaired) electrons. The summed E-state index contributed by atoms with van der Waals surface area (Å²) in [5, 5.41) is 0. The van der Waals surface area contributed by atoms with Gasteiger partial charge in [-0.05, 0) is 6.07 Å². The largest absolute Gasteiger partial charge is 0.495 e. The summed E-state index contributed by atoms with van der Waals surface area (Å²) in [5.41, 5.74) is -0.683. The standard InChI is InChI=1S/C12H12BF2NO2/c1-12(2)6-17-13(18-7-12)8-4-5-9(14)11(16-3)10(8)15/h4-5H,6-7H2,1-2H3. The third kappa shape index (κ3) is 2.38. The Morgan fingerprint density at radius 1 is 1.28 bits per heavy atom. The first-order chi connectivity index (χ1) is 8.44. The summed E-state index contributed by atoms with van der Waals surface area (Å²) in [5.74, 6) is -1.78. The number of nitrogens with zero attached hydrogens (tertiary/aromatic N) is 1. The van der Waals surface area contributed by atoms with Crippen molar-refractivity contribution in [3.8, 4) is 0 Å². The van der Waals surface area contributed by atoms with Crippen LogP contribution in [-0.2, 0) is 9.31 Å². The van der Waals surface area contributed by atoms with Gasteiger partial charge in [-0.25, -0.2) is 13.6 Å². The average Bonchev–Trinajstić information content (AvgIpc) is 2.31. The number of hydrogen-bond donors (Lipinski definition) is 0. The van der Waals surface area contributed by atoms with Gasteiger partial charge in [0.1, 0.15) is 11.6 Å². The minimum atomic E-state index is -0.908. The third-order valence-electron chi connectivity index (χ3n) is 2.71. The van der Waals surface area contributed by atoms with Crippen LogP contribution in [0.15, 0.2) is 12.1 Å². The van der Waals surface area contributed by atoms with Gasteiger partial charge in [-0.15, -0.1) is 0 Å². The van der Waals surface area contributed by atoms with Crippen molar-refractivity contribution >= 4 is 18.3 Å². The summed E-state index contributed by atoms with van der Waals surface area (Å²) in [7, 11) is -0.876. The quantitative estimate of drug-likeness (QED) is 0.564. The molecular weight excluding hydrogens is 239 g/mol. The van der Waals surface area contributed by atoms with Crippen LogP contribution < -0.4 is 5.46 Å². The zero-order chi connectivity index (χ0) is 13.3. The second-order valence-electron chi connectivity index (χ2n) is 5.03. The first-order valence-corrected chi connectivity index (χ1v) is 5.53. The van der Waals surface area contributed by atoms with Crippen molar-refractivity contribution in [3.05, 3.63) is 35.2 Å². The van der Waals surface area contributed by atoms with Gasteiger partial charge in [-0.3, -0.25) is 0 Å². The van der Waals surface area contributed by atoms with Gasteiger partial charge in [0.2, 0.25) is 0 Å². The van der Waals surface area contributed by atoms with Gasteiger partial charge in [0.05, 0.1) is 6.57 Å². The van der Waals surface area contributed by atoms with Crippen LogP contribution in [0.25, 0.3) is 4.85 Å². The maximum atomic E-state index is 13.9. The Kier molecular flexibility index (Phi) is 3.37. The van der Waals surface area contributed by atoms with E-state index in [1.54, 1.807) is 0 Å². The van der Waals surface area contributed by atoms with Crippen LogP contribution >= 0.6 is 0 Å². The Hall–Kier alpha value is -1.45. The van der Waals surface area contributed by atoms with Crippen molar-refractivity contribution in [3.63, 3.8) is 0 Å². The first kappa shape index (κ1) is 13.0. The SMILES string of the molecule is [C-]#[N+]c1c(F)ccc(B2OCC(C)(C)CO2)c1F. The van der Waals surface area contributed by atoms with E-state index in [1.165, 1.54) is 6.07 Å². The molecule has 0 atom stereocenters. The molecule has 0 amide bonds.